The number of ether oxygens (including phenoxy) is 1. The monoisotopic (exact) mass is 296 g/mol. The van der Waals surface area contributed by atoms with Crippen LogP contribution in [0, 0.1) is 0 Å². The molecular weight excluding hydrogens is 276 g/mol. The number of carbonyl (C=O) groups is 2. The highest BCUT2D eigenvalue weighted by atomic mass is 16.5. The molecule has 21 heavy (non-hydrogen) atoms. The van der Waals surface area contributed by atoms with Crippen LogP contribution < -0.4 is 5.32 Å². The summed E-state index contributed by atoms with van der Waals surface area (Å²) in [5, 5.41) is 15.6. The van der Waals surface area contributed by atoms with Crippen molar-refractivity contribution in [1.82, 2.24) is 20.0 Å². The van der Waals surface area contributed by atoms with Crippen molar-refractivity contribution in [3.05, 3.63) is 17.5 Å². The second-order valence-corrected chi connectivity index (χ2v) is 4.90. The predicted octanol–water partition coefficient (Wildman–Crippen LogP) is -0.430. The summed E-state index contributed by atoms with van der Waals surface area (Å²) in [5.74, 6) is -1.56. The first kappa shape index (κ1) is 15.5. The van der Waals surface area contributed by atoms with E-state index in [0.717, 1.165) is 39.3 Å². The Morgan fingerprint density at radius 2 is 2.14 bits per heavy atom. The molecule has 2 N–H and O–H groups in total. The average molecular weight is 296 g/mol. The van der Waals surface area contributed by atoms with Gasteiger partial charge in [0, 0.05) is 26.7 Å². The summed E-state index contributed by atoms with van der Waals surface area (Å²) >= 11 is 0. The summed E-state index contributed by atoms with van der Waals surface area (Å²) in [6, 6.07) is 0. The standard InChI is InChI=1S/C13H20N4O4/c1-16-11(13(19)20)10(9-15-16)12(18)14-3-2-4-17-5-7-21-8-6-17/h9H,2-8H2,1H3,(H,14,18)(H,19,20). The number of nitrogens with one attached hydrogen (secondary N) is 1. The number of aryl methyl sites for hydroxylation is 1. The molecule has 1 aliphatic heterocycles. The summed E-state index contributed by atoms with van der Waals surface area (Å²) in [6.45, 7) is 4.74. The molecular formula is C13H20N4O4. The van der Waals surface area contributed by atoms with E-state index in [0.29, 0.717) is 6.54 Å². The molecule has 0 aliphatic carbocycles. The van der Waals surface area contributed by atoms with Crippen molar-refractivity contribution in [1.29, 1.82) is 0 Å². The van der Waals surface area contributed by atoms with E-state index >= 15 is 0 Å². The SMILES string of the molecule is Cn1ncc(C(=O)NCCCN2CCOCC2)c1C(=O)O. The first-order chi connectivity index (χ1) is 10.1. The van der Waals surface area contributed by atoms with E-state index in [1.54, 1.807) is 0 Å². The molecule has 1 saturated heterocycles. The second-order valence-electron chi connectivity index (χ2n) is 4.90. The van der Waals surface area contributed by atoms with Crippen LogP contribution in [0.3, 0.4) is 0 Å². The van der Waals surface area contributed by atoms with Crippen LogP contribution in [-0.2, 0) is 11.8 Å². The molecule has 116 valence electrons. The van der Waals surface area contributed by atoms with Crippen LogP contribution in [0.25, 0.3) is 0 Å². The minimum absolute atomic E-state index is 0.0939. The van der Waals surface area contributed by atoms with Gasteiger partial charge in [-0.2, -0.15) is 5.10 Å². The van der Waals surface area contributed by atoms with E-state index in [9.17, 15) is 9.59 Å². The number of carbonyl (C=O) groups excluding carboxylic acids is 1. The van der Waals surface area contributed by atoms with E-state index in [4.69, 9.17) is 9.84 Å². The molecule has 2 rings (SSSR count). The van der Waals surface area contributed by atoms with E-state index in [1.807, 2.05) is 0 Å². The van der Waals surface area contributed by atoms with Gasteiger partial charge in [-0.05, 0) is 13.0 Å². The van der Waals surface area contributed by atoms with Gasteiger partial charge in [-0.25, -0.2) is 4.79 Å². The second kappa shape index (κ2) is 7.19. The van der Waals surface area contributed by atoms with Gasteiger partial charge in [0.1, 0.15) is 0 Å². The molecule has 0 aromatic carbocycles. The molecule has 1 fully saturated rings. The molecule has 8 heteroatoms. The molecule has 2 heterocycles. The third kappa shape index (κ3) is 4.02. The van der Waals surface area contributed by atoms with Crippen molar-refractivity contribution >= 4 is 11.9 Å². The van der Waals surface area contributed by atoms with Gasteiger partial charge in [0.25, 0.3) is 5.91 Å². The van der Waals surface area contributed by atoms with Crippen molar-refractivity contribution in [3.8, 4) is 0 Å². The first-order valence-electron chi connectivity index (χ1n) is 6.93. The average Bonchev–Trinajstić information content (AvgIpc) is 2.86. The number of morpholine rings is 1. The molecule has 0 spiro atoms. The van der Waals surface area contributed by atoms with E-state index in [-0.39, 0.29) is 11.3 Å². The highest BCUT2D eigenvalue weighted by Gasteiger charge is 2.21. The number of aromatic nitrogens is 2. The van der Waals surface area contributed by atoms with E-state index in [1.165, 1.54) is 17.9 Å². The van der Waals surface area contributed by atoms with Crippen LogP contribution in [0.5, 0.6) is 0 Å². The fourth-order valence-corrected chi connectivity index (χ4v) is 2.28. The number of aromatic carboxylic acids is 1. The molecule has 0 bridgehead atoms. The number of rotatable bonds is 6. The van der Waals surface area contributed by atoms with Crippen LogP contribution in [0.15, 0.2) is 6.20 Å². The summed E-state index contributed by atoms with van der Waals surface area (Å²) in [6.07, 6.45) is 2.09. The summed E-state index contributed by atoms with van der Waals surface area (Å²) in [7, 11) is 1.50. The highest BCUT2D eigenvalue weighted by Crippen LogP contribution is 2.07. The summed E-state index contributed by atoms with van der Waals surface area (Å²) in [4.78, 5) is 25.3. The summed E-state index contributed by atoms with van der Waals surface area (Å²) < 4.78 is 6.45. The zero-order valence-electron chi connectivity index (χ0n) is 12.0. The zero-order valence-corrected chi connectivity index (χ0v) is 12.0. The van der Waals surface area contributed by atoms with Gasteiger partial charge in [0.15, 0.2) is 5.69 Å². The lowest BCUT2D eigenvalue weighted by Crippen LogP contribution is -2.38. The van der Waals surface area contributed by atoms with Gasteiger partial charge in [-0.3, -0.25) is 14.4 Å². The van der Waals surface area contributed by atoms with Gasteiger partial charge in [0.2, 0.25) is 0 Å². The summed E-state index contributed by atoms with van der Waals surface area (Å²) in [5.41, 5.74) is -0.00273. The molecule has 0 unspecified atom stereocenters. The van der Waals surface area contributed by atoms with Crippen LogP contribution in [-0.4, -0.2) is 71.1 Å². The minimum Gasteiger partial charge on any atom is -0.477 e. The number of hydrogen-bond acceptors (Lipinski definition) is 5. The van der Waals surface area contributed by atoms with Crippen LogP contribution >= 0.6 is 0 Å². The fourth-order valence-electron chi connectivity index (χ4n) is 2.28. The van der Waals surface area contributed by atoms with Crippen molar-refractivity contribution in [2.24, 2.45) is 7.05 Å². The van der Waals surface area contributed by atoms with Gasteiger partial charge in [-0.1, -0.05) is 0 Å². The van der Waals surface area contributed by atoms with E-state index < -0.39 is 11.9 Å². The highest BCUT2D eigenvalue weighted by molar-refractivity contribution is 6.03. The molecule has 8 nitrogen and oxygen atoms in total. The van der Waals surface area contributed by atoms with Gasteiger partial charge >= 0.3 is 5.97 Å². The van der Waals surface area contributed by atoms with Crippen LogP contribution in [0.4, 0.5) is 0 Å². The van der Waals surface area contributed by atoms with Crippen LogP contribution in [0.2, 0.25) is 0 Å². The van der Waals surface area contributed by atoms with Crippen LogP contribution in [0.1, 0.15) is 27.3 Å². The third-order valence-corrected chi connectivity index (χ3v) is 3.43. The number of carboxylic acids is 1. The molecule has 1 aromatic heterocycles. The topological polar surface area (TPSA) is 96.7 Å². The number of hydrogen-bond donors (Lipinski definition) is 2. The Kier molecular flexibility index (Phi) is 5.29. The Labute approximate surface area is 122 Å². The molecule has 1 aromatic rings. The number of nitrogens with zero attached hydrogens (tertiary/aromatic N) is 3. The molecule has 1 amide bonds. The van der Waals surface area contributed by atoms with E-state index in [2.05, 4.69) is 15.3 Å². The lowest BCUT2D eigenvalue weighted by Gasteiger charge is -2.26. The van der Waals surface area contributed by atoms with Crippen molar-refractivity contribution in [2.75, 3.05) is 39.4 Å². The minimum atomic E-state index is -1.16. The maximum atomic E-state index is 12.0. The molecule has 1 aliphatic rings. The van der Waals surface area contributed by atoms with Gasteiger partial charge in [0.05, 0.1) is 25.0 Å². The Morgan fingerprint density at radius 3 is 2.81 bits per heavy atom. The van der Waals surface area contributed by atoms with Gasteiger partial charge < -0.3 is 15.2 Å². The smallest absolute Gasteiger partial charge is 0.354 e. The first-order valence-corrected chi connectivity index (χ1v) is 6.93. The van der Waals surface area contributed by atoms with Crippen molar-refractivity contribution < 1.29 is 19.4 Å². The zero-order chi connectivity index (χ0) is 15.2. The lowest BCUT2D eigenvalue weighted by atomic mass is 10.2. The lowest BCUT2D eigenvalue weighted by molar-refractivity contribution is 0.0374. The third-order valence-electron chi connectivity index (χ3n) is 3.43. The van der Waals surface area contributed by atoms with Gasteiger partial charge in [-0.15, -0.1) is 0 Å². The molecule has 0 saturated carbocycles. The normalized spacial score (nSPS) is 15.9. The fraction of sp³-hybridized carbons (Fsp3) is 0.615. The quantitative estimate of drug-likeness (QED) is 0.692. The molecule has 0 atom stereocenters. The largest absolute Gasteiger partial charge is 0.477 e. The number of carboxylic acid groups (broad SMARTS) is 1. The Morgan fingerprint density at radius 1 is 1.43 bits per heavy atom. The predicted molar refractivity (Wildman–Crippen MR) is 74.4 cm³/mol. The maximum absolute atomic E-state index is 12.0. The van der Waals surface area contributed by atoms with Crippen molar-refractivity contribution in [3.63, 3.8) is 0 Å². The number of amides is 1. The maximum Gasteiger partial charge on any atom is 0.354 e. The Balaban J connectivity index is 1.78. The Bertz CT molecular complexity index is 508. The molecule has 0 radical (unpaired) electrons. The van der Waals surface area contributed by atoms with Crippen molar-refractivity contribution in [2.45, 2.75) is 6.42 Å². The Hall–Kier alpha value is -1.93.